The van der Waals surface area contributed by atoms with Crippen LogP contribution in [0.25, 0.3) is 0 Å². The van der Waals surface area contributed by atoms with Crippen molar-refractivity contribution in [3.8, 4) is 0 Å². The van der Waals surface area contributed by atoms with Gasteiger partial charge in [-0.3, -0.25) is 9.80 Å². The fraction of sp³-hybridized carbons (Fsp3) is 0.571. The minimum atomic E-state index is -1.05. The van der Waals surface area contributed by atoms with Crippen LogP contribution < -0.4 is 0 Å². The third kappa shape index (κ3) is 11.6. The Bertz CT molecular complexity index is 1050. The Hall–Kier alpha value is -3.00. The van der Waals surface area contributed by atoms with Crippen molar-refractivity contribution >= 4 is 11.9 Å². The predicted molar refractivity (Wildman–Crippen MR) is 146 cm³/mol. The van der Waals surface area contributed by atoms with E-state index >= 15 is 0 Å². The Morgan fingerprint density at radius 1 is 0.700 bits per heavy atom. The number of nitrogens with zero attached hydrogens (tertiary/aromatic N) is 4. The summed E-state index contributed by atoms with van der Waals surface area (Å²) in [5.41, 5.74) is 2.40. The smallest absolute Gasteiger partial charge is 0.354 e. The minimum absolute atomic E-state index is 0.0232. The van der Waals surface area contributed by atoms with Gasteiger partial charge >= 0.3 is 11.9 Å². The Morgan fingerprint density at radius 2 is 1.18 bits per heavy atom. The number of carboxylic acid groups (broad SMARTS) is 2. The summed E-state index contributed by atoms with van der Waals surface area (Å²) in [6.45, 7) is 9.25. The topological polar surface area (TPSA) is 144 Å². The number of aromatic carboxylic acids is 2. The van der Waals surface area contributed by atoms with Crippen molar-refractivity contribution in [3.05, 3.63) is 58.7 Å². The molecule has 2 aromatic heterocycles. The molecule has 3 heterocycles. The zero-order chi connectivity index (χ0) is 28.6. The van der Waals surface area contributed by atoms with Gasteiger partial charge in [-0.05, 0) is 36.2 Å². The van der Waals surface area contributed by atoms with Gasteiger partial charge in [-0.2, -0.15) is 0 Å². The lowest BCUT2D eigenvalue weighted by Gasteiger charge is -2.23. The molecule has 0 atom stereocenters. The molecule has 1 saturated heterocycles. The zero-order valence-electron chi connectivity index (χ0n) is 23.1. The van der Waals surface area contributed by atoms with E-state index in [-0.39, 0.29) is 11.4 Å². The van der Waals surface area contributed by atoms with E-state index in [0.29, 0.717) is 104 Å². The molecule has 0 saturated carbocycles. The third-order valence-electron chi connectivity index (χ3n) is 6.31. The first-order chi connectivity index (χ1) is 19.4. The standard InChI is InChI=1S/C28H40N4O8/c1-2-22-18-24(30-26(19-22)28(35)36)21-32-8-12-39-16-14-37-10-6-31(7-11-38-15-17-40-13-9-32)20-23-4-3-5-25(29-23)27(33)34/h3-5,18-19H,2,6-17,20-21H2,1H3,(H,33,34)(H,35,36). The summed E-state index contributed by atoms with van der Waals surface area (Å²) in [6, 6.07) is 8.55. The second-order valence-corrected chi connectivity index (χ2v) is 9.33. The molecule has 12 heteroatoms. The van der Waals surface area contributed by atoms with Crippen LogP contribution in [-0.4, -0.2) is 121 Å². The normalized spacial score (nSPS) is 18.0. The third-order valence-corrected chi connectivity index (χ3v) is 6.31. The maximum atomic E-state index is 11.5. The number of hydrogen-bond acceptors (Lipinski definition) is 10. The predicted octanol–water partition coefficient (Wildman–Crippen LogP) is 1.82. The highest BCUT2D eigenvalue weighted by Gasteiger charge is 2.14. The van der Waals surface area contributed by atoms with Crippen LogP contribution in [-0.2, 0) is 38.5 Å². The number of carboxylic acids is 2. The Kier molecular flexibility index (Phi) is 13.9. The van der Waals surface area contributed by atoms with Gasteiger partial charge in [0.25, 0.3) is 0 Å². The Morgan fingerprint density at radius 3 is 1.65 bits per heavy atom. The monoisotopic (exact) mass is 560 g/mol. The van der Waals surface area contributed by atoms with Gasteiger partial charge in [0, 0.05) is 39.3 Å². The maximum absolute atomic E-state index is 11.5. The average molecular weight is 561 g/mol. The van der Waals surface area contributed by atoms with E-state index in [2.05, 4.69) is 19.8 Å². The van der Waals surface area contributed by atoms with Crippen LogP contribution in [0.15, 0.2) is 30.3 Å². The quantitative estimate of drug-likeness (QED) is 0.510. The number of aromatic nitrogens is 2. The minimum Gasteiger partial charge on any atom is -0.477 e. The van der Waals surface area contributed by atoms with Gasteiger partial charge in [-0.25, -0.2) is 19.6 Å². The number of carbonyl (C=O) groups is 2. The maximum Gasteiger partial charge on any atom is 0.354 e. The van der Waals surface area contributed by atoms with Crippen LogP contribution in [0.3, 0.4) is 0 Å². The van der Waals surface area contributed by atoms with E-state index in [0.717, 1.165) is 12.0 Å². The molecular formula is C28H40N4O8. The van der Waals surface area contributed by atoms with Crippen molar-refractivity contribution in [2.24, 2.45) is 0 Å². The second-order valence-electron chi connectivity index (χ2n) is 9.33. The van der Waals surface area contributed by atoms with Gasteiger partial charge in [0.2, 0.25) is 0 Å². The van der Waals surface area contributed by atoms with Crippen LogP contribution in [0.2, 0.25) is 0 Å². The number of rotatable bonds is 7. The molecule has 1 aliphatic heterocycles. The summed E-state index contributed by atoms with van der Waals surface area (Å²) in [4.78, 5) is 35.6. The first-order valence-electron chi connectivity index (χ1n) is 13.6. The summed E-state index contributed by atoms with van der Waals surface area (Å²) < 4.78 is 23.1. The molecule has 3 rings (SSSR count). The Balaban J connectivity index is 1.51. The summed E-state index contributed by atoms with van der Waals surface area (Å²) in [5.74, 6) is -2.08. The molecule has 2 aromatic rings. The largest absolute Gasteiger partial charge is 0.477 e. The summed E-state index contributed by atoms with van der Waals surface area (Å²) >= 11 is 0. The number of hydrogen-bond donors (Lipinski definition) is 2. The van der Waals surface area contributed by atoms with Crippen LogP contribution in [0.1, 0.15) is 44.9 Å². The fourth-order valence-corrected chi connectivity index (χ4v) is 4.15. The first-order valence-corrected chi connectivity index (χ1v) is 13.6. The van der Waals surface area contributed by atoms with Crippen molar-refractivity contribution in [1.82, 2.24) is 19.8 Å². The van der Waals surface area contributed by atoms with Crippen LogP contribution in [0, 0.1) is 0 Å². The van der Waals surface area contributed by atoms with Crippen molar-refractivity contribution in [1.29, 1.82) is 0 Å². The molecule has 40 heavy (non-hydrogen) atoms. The lowest BCUT2D eigenvalue weighted by Crippen LogP contribution is -2.33. The van der Waals surface area contributed by atoms with Crippen LogP contribution >= 0.6 is 0 Å². The molecule has 12 nitrogen and oxygen atoms in total. The lowest BCUT2D eigenvalue weighted by atomic mass is 10.1. The van der Waals surface area contributed by atoms with Crippen molar-refractivity contribution in [2.75, 3.05) is 79.0 Å². The van der Waals surface area contributed by atoms with E-state index in [1.165, 1.54) is 6.07 Å². The molecular weight excluding hydrogens is 520 g/mol. The molecule has 2 N–H and O–H groups in total. The van der Waals surface area contributed by atoms with E-state index in [1.807, 2.05) is 19.1 Å². The molecule has 0 radical (unpaired) electrons. The Labute approximate surface area is 234 Å². The summed E-state index contributed by atoms with van der Waals surface area (Å²) in [7, 11) is 0. The molecule has 0 unspecified atom stereocenters. The average Bonchev–Trinajstić information content (AvgIpc) is 2.94. The number of pyridine rings is 2. The molecule has 1 aliphatic rings. The molecule has 1 fully saturated rings. The van der Waals surface area contributed by atoms with Crippen molar-refractivity contribution < 1.29 is 38.7 Å². The highest BCUT2D eigenvalue weighted by atomic mass is 16.5. The van der Waals surface area contributed by atoms with E-state index in [1.54, 1.807) is 12.1 Å². The highest BCUT2D eigenvalue weighted by Crippen LogP contribution is 2.11. The van der Waals surface area contributed by atoms with E-state index < -0.39 is 11.9 Å². The van der Waals surface area contributed by atoms with Gasteiger partial charge < -0.3 is 29.2 Å². The SMILES string of the molecule is CCc1cc(CN2CCOCCOCCN(Cc3cccc(C(=O)O)n3)CCOCCOCC2)nc(C(=O)O)c1. The van der Waals surface area contributed by atoms with Crippen molar-refractivity contribution in [3.63, 3.8) is 0 Å². The summed E-state index contributed by atoms with van der Waals surface area (Å²) in [6.07, 6.45) is 0.731. The van der Waals surface area contributed by atoms with Gasteiger partial charge in [0.1, 0.15) is 11.4 Å². The molecule has 220 valence electrons. The second kappa shape index (κ2) is 17.6. The van der Waals surface area contributed by atoms with Crippen LogP contribution in [0.4, 0.5) is 0 Å². The number of aryl methyl sites for hydroxylation is 1. The van der Waals surface area contributed by atoms with Crippen molar-refractivity contribution in [2.45, 2.75) is 26.4 Å². The molecule has 0 spiro atoms. The lowest BCUT2D eigenvalue weighted by molar-refractivity contribution is 0.00597. The van der Waals surface area contributed by atoms with Crippen LogP contribution in [0.5, 0.6) is 0 Å². The molecule has 0 amide bonds. The number of ether oxygens (including phenoxy) is 4. The van der Waals surface area contributed by atoms with Gasteiger partial charge in [0.05, 0.1) is 64.2 Å². The molecule has 0 aliphatic carbocycles. The van der Waals surface area contributed by atoms with Gasteiger partial charge in [0.15, 0.2) is 0 Å². The van der Waals surface area contributed by atoms with E-state index in [9.17, 15) is 19.8 Å². The zero-order valence-corrected chi connectivity index (χ0v) is 23.1. The highest BCUT2D eigenvalue weighted by molar-refractivity contribution is 5.85. The molecule has 0 bridgehead atoms. The van der Waals surface area contributed by atoms with E-state index in [4.69, 9.17) is 18.9 Å². The summed E-state index contributed by atoms with van der Waals surface area (Å²) in [5, 5.41) is 18.6. The fourth-order valence-electron chi connectivity index (χ4n) is 4.15. The van der Waals surface area contributed by atoms with Gasteiger partial charge in [-0.1, -0.05) is 13.0 Å². The van der Waals surface area contributed by atoms with Gasteiger partial charge in [-0.15, -0.1) is 0 Å². The molecule has 0 aromatic carbocycles. The first kappa shape index (κ1) is 31.5.